The first-order chi connectivity index (χ1) is 22.4. The maximum atomic E-state index is 15.2. The molecule has 0 fully saturated rings. The number of nitrogens with zero attached hydrogens (tertiary/aromatic N) is 3. The Kier molecular flexibility index (Phi) is 16.6. The molecule has 3 aromatic rings. The predicted molar refractivity (Wildman–Crippen MR) is 190 cm³/mol. The lowest BCUT2D eigenvalue weighted by Crippen LogP contribution is -2.28. The van der Waals surface area contributed by atoms with Gasteiger partial charge in [-0.2, -0.15) is 8.78 Å². The number of benzene rings is 2. The molecular formula is C37H51F2N4O3P. The molecule has 1 aliphatic rings. The molecule has 1 aromatic heterocycles. The van der Waals surface area contributed by atoms with Crippen LogP contribution in [0.4, 0.5) is 8.78 Å². The van der Waals surface area contributed by atoms with E-state index in [4.69, 9.17) is 9.47 Å². The molecule has 1 atom stereocenters. The summed E-state index contributed by atoms with van der Waals surface area (Å²) in [6.45, 7) is 15.4. The number of carbonyl (C=O) groups is 1. The maximum absolute atomic E-state index is 15.2. The molecule has 256 valence electrons. The highest BCUT2D eigenvalue weighted by molar-refractivity contribution is 7.17. The standard InChI is InChI=1S/C33H40F2N3O2P.C2H5NO.C2H6/c1-5-6-18-38-30(31(33(34,35)41)36-32(38)29-10-8-7-9-11-29)22-37(20-27-15-12-24(2)13-16-27)21-28-17-14-25(3)39-23-40-26(4)19-28;1-2(3)4;1-2/h7-17,19H,5-6,18,20-23,41H2,1-4H3;1H3,(H2,3,4);1-2H3/b25-14+,26-19+,28-17+;;. The van der Waals surface area contributed by atoms with Gasteiger partial charge in [0.05, 0.1) is 17.2 Å². The second kappa shape index (κ2) is 19.8. The lowest BCUT2D eigenvalue weighted by Gasteiger charge is -2.25. The summed E-state index contributed by atoms with van der Waals surface area (Å²) >= 11 is 0. The number of primary amides is 1. The van der Waals surface area contributed by atoms with Crippen LogP contribution >= 0.6 is 9.24 Å². The normalized spacial score (nSPS) is 16.4. The molecule has 0 saturated heterocycles. The van der Waals surface area contributed by atoms with Gasteiger partial charge in [-0.05, 0) is 50.5 Å². The Morgan fingerprint density at radius 2 is 1.60 bits per heavy atom. The lowest BCUT2D eigenvalue weighted by atomic mass is 10.1. The molecule has 2 heterocycles. The molecule has 1 aliphatic heterocycles. The third kappa shape index (κ3) is 13.4. The quantitative estimate of drug-likeness (QED) is 0.207. The second-order valence-corrected chi connectivity index (χ2v) is 11.9. The van der Waals surface area contributed by atoms with Crippen molar-refractivity contribution in [3.8, 4) is 11.4 Å². The van der Waals surface area contributed by atoms with E-state index in [1.54, 1.807) is 9.24 Å². The molecule has 47 heavy (non-hydrogen) atoms. The number of alkyl halides is 2. The molecule has 0 aliphatic carbocycles. The van der Waals surface area contributed by atoms with Crippen LogP contribution in [0.3, 0.4) is 0 Å². The van der Waals surface area contributed by atoms with Crippen molar-refractivity contribution in [1.29, 1.82) is 0 Å². The van der Waals surface area contributed by atoms with Crippen LogP contribution in [-0.4, -0.2) is 33.7 Å². The highest BCUT2D eigenvalue weighted by atomic mass is 31.0. The van der Waals surface area contributed by atoms with Crippen LogP contribution in [0.25, 0.3) is 11.4 Å². The smallest absolute Gasteiger partial charge is 0.302 e. The highest BCUT2D eigenvalue weighted by Crippen LogP contribution is 2.39. The van der Waals surface area contributed by atoms with Gasteiger partial charge in [-0.3, -0.25) is 9.69 Å². The SMILES string of the molecule is CC.CC(N)=O.CCCCn1c(-c2ccccc2)nc(C(F)(F)P)c1CN(CC1=C/C=C(\C)OCO\C(C)=C\1)Cc1ccc(C)cc1. The number of carbonyl (C=O) groups excluding carboxylic acids is 1. The zero-order valence-corrected chi connectivity index (χ0v) is 30.0. The van der Waals surface area contributed by atoms with E-state index in [1.165, 1.54) is 12.5 Å². The van der Waals surface area contributed by atoms with Crippen LogP contribution in [0.2, 0.25) is 0 Å². The van der Waals surface area contributed by atoms with Gasteiger partial charge in [-0.25, -0.2) is 4.98 Å². The van der Waals surface area contributed by atoms with Crippen LogP contribution in [-0.2, 0) is 39.6 Å². The molecule has 10 heteroatoms. The summed E-state index contributed by atoms with van der Waals surface area (Å²) in [6.07, 6.45) is 7.70. The number of allylic oxidation sites excluding steroid dienone is 4. The summed E-state index contributed by atoms with van der Waals surface area (Å²) in [5.41, 5.74) is 5.71. The average molecular weight is 669 g/mol. The Morgan fingerprint density at radius 1 is 0.979 bits per heavy atom. The molecule has 4 rings (SSSR count). The summed E-state index contributed by atoms with van der Waals surface area (Å²) in [6, 6.07) is 17.9. The first kappa shape index (κ1) is 39.4. The molecule has 0 saturated carbocycles. The Balaban J connectivity index is 0.00000119. The Morgan fingerprint density at radius 3 is 2.19 bits per heavy atom. The number of hydrogen-bond acceptors (Lipinski definition) is 5. The first-order valence-electron chi connectivity index (χ1n) is 16.0. The molecule has 2 N–H and O–H groups in total. The van der Waals surface area contributed by atoms with E-state index in [0.717, 1.165) is 41.1 Å². The van der Waals surface area contributed by atoms with Crippen LogP contribution < -0.4 is 5.73 Å². The van der Waals surface area contributed by atoms with Crippen molar-refractivity contribution < 1.29 is 23.0 Å². The minimum Gasteiger partial charge on any atom is -0.462 e. The fourth-order valence-electron chi connectivity index (χ4n) is 4.80. The monoisotopic (exact) mass is 668 g/mol. The van der Waals surface area contributed by atoms with Crippen molar-refractivity contribution in [1.82, 2.24) is 14.5 Å². The second-order valence-electron chi connectivity index (χ2n) is 11.1. The average Bonchev–Trinajstić information content (AvgIpc) is 3.41. The fraction of sp³-hybridized carbons (Fsp3) is 0.405. The molecule has 7 nitrogen and oxygen atoms in total. The van der Waals surface area contributed by atoms with Crippen molar-refractivity contribution in [3.63, 3.8) is 0 Å². The molecule has 2 aromatic carbocycles. The van der Waals surface area contributed by atoms with Crippen molar-refractivity contribution in [3.05, 3.63) is 112 Å². The number of amides is 1. The van der Waals surface area contributed by atoms with Gasteiger partial charge in [0.1, 0.15) is 11.5 Å². The minimum atomic E-state index is -3.18. The Bertz CT molecular complexity index is 1490. The van der Waals surface area contributed by atoms with Gasteiger partial charge in [0.25, 0.3) is 0 Å². The van der Waals surface area contributed by atoms with E-state index < -0.39 is 5.66 Å². The van der Waals surface area contributed by atoms with Gasteiger partial charge < -0.3 is 19.8 Å². The molecule has 0 radical (unpaired) electrons. The van der Waals surface area contributed by atoms with E-state index in [-0.39, 0.29) is 18.4 Å². The summed E-state index contributed by atoms with van der Waals surface area (Å²) in [4.78, 5) is 16.0. The number of nitrogens with two attached hydrogens (primary N) is 1. The number of imidazole rings is 1. The van der Waals surface area contributed by atoms with Gasteiger partial charge in [0.15, 0.2) is 0 Å². The molecule has 0 bridgehead atoms. The summed E-state index contributed by atoms with van der Waals surface area (Å²) < 4.78 is 43.6. The number of aryl methyl sites for hydroxylation is 1. The topological polar surface area (TPSA) is 82.6 Å². The van der Waals surface area contributed by atoms with E-state index in [1.807, 2.05) is 80.8 Å². The molecular weight excluding hydrogens is 617 g/mol. The van der Waals surface area contributed by atoms with Crippen molar-refractivity contribution in [2.75, 3.05) is 13.3 Å². The van der Waals surface area contributed by atoms with Gasteiger partial charge in [0, 0.05) is 38.7 Å². The van der Waals surface area contributed by atoms with Gasteiger partial charge >= 0.3 is 5.66 Å². The van der Waals surface area contributed by atoms with E-state index in [0.29, 0.717) is 37.7 Å². The zero-order valence-electron chi connectivity index (χ0n) is 28.9. The summed E-state index contributed by atoms with van der Waals surface area (Å²) in [5, 5.41) is 0. The number of ether oxygens (including phenoxy) is 2. The van der Waals surface area contributed by atoms with Crippen molar-refractivity contribution in [2.24, 2.45) is 5.73 Å². The maximum Gasteiger partial charge on any atom is 0.302 e. The largest absolute Gasteiger partial charge is 0.462 e. The fourth-order valence-corrected chi connectivity index (χ4v) is 5.04. The zero-order chi connectivity index (χ0) is 35.0. The number of hydrogen-bond donors (Lipinski definition) is 1. The lowest BCUT2D eigenvalue weighted by molar-refractivity contribution is -0.115. The highest BCUT2D eigenvalue weighted by Gasteiger charge is 2.35. The number of aromatic nitrogens is 2. The van der Waals surface area contributed by atoms with Crippen molar-refractivity contribution >= 4 is 15.1 Å². The molecule has 0 spiro atoms. The van der Waals surface area contributed by atoms with Crippen LogP contribution in [0.5, 0.6) is 0 Å². The van der Waals surface area contributed by atoms with Crippen LogP contribution in [0.15, 0.2) is 89.9 Å². The number of unbranched alkanes of at least 4 members (excludes halogenated alkanes) is 1. The van der Waals surface area contributed by atoms with Crippen LogP contribution in [0.1, 0.15) is 76.9 Å². The third-order valence-electron chi connectivity index (χ3n) is 6.96. The summed E-state index contributed by atoms with van der Waals surface area (Å²) in [5.74, 6) is 1.71. The van der Waals surface area contributed by atoms with E-state index >= 15 is 8.78 Å². The van der Waals surface area contributed by atoms with E-state index in [9.17, 15) is 4.79 Å². The number of rotatable bonds is 11. The first-order valence-corrected chi connectivity index (χ1v) is 16.6. The van der Waals surface area contributed by atoms with E-state index in [2.05, 4.69) is 53.7 Å². The molecule has 1 amide bonds. The van der Waals surface area contributed by atoms with Gasteiger partial charge in [0.2, 0.25) is 12.7 Å². The van der Waals surface area contributed by atoms with Crippen LogP contribution in [0, 0.1) is 6.92 Å². The summed E-state index contributed by atoms with van der Waals surface area (Å²) in [7, 11) is 1.70. The third-order valence-corrected chi connectivity index (χ3v) is 7.23. The Hall–Kier alpha value is -3.81. The van der Waals surface area contributed by atoms with Gasteiger partial charge in [-0.1, -0.05) is 103 Å². The van der Waals surface area contributed by atoms with Gasteiger partial charge in [-0.15, -0.1) is 0 Å². The predicted octanol–water partition coefficient (Wildman–Crippen LogP) is 8.84. The Labute approximate surface area is 281 Å². The number of halogens is 2. The minimum absolute atomic E-state index is 0.143. The molecule has 1 unspecified atom stereocenters. The van der Waals surface area contributed by atoms with Crippen molar-refractivity contribution in [2.45, 2.75) is 86.6 Å².